The molecule has 0 bridgehead atoms. The van der Waals surface area contributed by atoms with Gasteiger partial charge >= 0.3 is 0 Å². The summed E-state index contributed by atoms with van der Waals surface area (Å²) in [7, 11) is 0. The molecule has 0 saturated carbocycles. The minimum absolute atomic E-state index is 0.166. The highest BCUT2D eigenvalue weighted by molar-refractivity contribution is 14.1. The summed E-state index contributed by atoms with van der Waals surface area (Å²) in [6, 6.07) is 19.6. The minimum atomic E-state index is -0.323. The van der Waals surface area contributed by atoms with Gasteiger partial charge in [0, 0.05) is 9.64 Å². The molecule has 1 amide bonds. The second kappa shape index (κ2) is 7.60. The van der Waals surface area contributed by atoms with E-state index in [0.29, 0.717) is 5.69 Å². The molecule has 3 aromatic rings. The van der Waals surface area contributed by atoms with Gasteiger partial charge in [0.25, 0.3) is 11.5 Å². The van der Waals surface area contributed by atoms with Crippen LogP contribution in [0.1, 0.15) is 29.0 Å². The fraction of sp³-hybridized carbons (Fsp3) is 0.105. The number of carbonyl (C=O) groups is 1. The first-order valence-corrected chi connectivity index (χ1v) is 8.84. The molecule has 0 radical (unpaired) electrons. The van der Waals surface area contributed by atoms with Gasteiger partial charge in [0.1, 0.15) is 5.69 Å². The SMILES string of the molecule is C[C@@H](NC(=O)c1ccc(=O)n(-c2ccccc2)n1)c1cccc(I)c1. The van der Waals surface area contributed by atoms with E-state index in [1.165, 1.54) is 16.8 Å². The van der Waals surface area contributed by atoms with Crippen LogP contribution < -0.4 is 10.9 Å². The van der Waals surface area contributed by atoms with Crippen LogP contribution in [-0.4, -0.2) is 15.7 Å². The molecule has 5 nitrogen and oxygen atoms in total. The number of rotatable bonds is 4. The van der Waals surface area contributed by atoms with Crippen LogP contribution in [0, 0.1) is 3.57 Å². The number of benzene rings is 2. The van der Waals surface area contributed by atoms with Gasteiger partial charge in [0.15, 0.2) is 0 Å². The van der Waals surface area contributed by atoms with E-state index in [2.05, 4.69) is 33.0 Å². The van der Waals surface area contributed by atoms with E-state index in [-0.39, 0.29) is 23.2 Å². The second-order valence-corrected chi connectivity index (χ2v) is 6.80. The Labute approximate surface area is 158 Å². The molecule has 1 N–H and O–H groups in total. The molecule has 1 atom stereocenters. The summed E-state index contributed by atoms with van der Waals surface area (Å²) < 4.78 is 2.33. The first-order chi connectivity index (χ1) is 12.0. The number of halogens is 1. The first kappa shape index (κ1) is 17.3. The fourth-order valence-corrected chi connectivity index (χ4v) is 2.98. The molecule has 3 rings (SSSR count). The molecule has 0 aliphatic rings. The molecule has 1 aromatic heterocycles. The largest absolute Gasteiger partial charge is 0.344 e. The fourth-order valence-electron chi connectivity index (χ4n) is 2.42. The van der Waals surface area contributed by atoms with Crippen LogP contribution in [0.5, 0.6) is 0 Å². The van der Waals surface area contributed by atoms with Crippen LogP contribution in [-0.2, 0) is 0 Å². The topological polar surface area (TPSA) is 64.0 Å². The van der Waals surface area contributed by atoms with Crippen molar-refractivity contribution >= 4 is 28.5 Å². The molecule has 6 heteroatoms. The molecule has 1 heterocycles. The number of hydrogen-bond donors (Lipinski definition) is 1. The Hall–Kier alpha value is -2.48. The molecule has 0 aliphatic heterocycles. The van der Waals surface area contributed by atoms with Crippen molar-refractivity contribution in [3.8, 4) is 5.69 Å². The molecule has 0 spiro atoms. The first-order valence-electron chi connectivity index (χ1n) is 7.77. The molecule has 2 aromatic carbocycles. The van der Waals surface area contributed by atoms with Crippen molar-refractivity contribution in [3.05, 3.63) is 91.9 Å². The van der Waals surface area contributed by atoms with Crippen molar-refractivity contribution in [1.29, 1.82) is 0 Å². The monoisotopic (exact) mass is 445 g/mol. The van der Waals surface area contributed by atoms with Crippen LogP contribution in [0.25, 0.3) is 5.69 Å². The van der Waals surface area contributed by atoms with Gasteiger partial charge in [-0.25, -0.2) is 0 Å². The lowest BCUT2D eigenvalue weighted by molar-refractivity contribution is 0.0933. The van der Waals surface area contributed by atoms with E-state index in [1.54, 1.807) is 12.1 Å². The third kappa shape index (κ3) is 4.14. The van der Waals surface area contributed by atoms with Crippen molar-refractivity contribution in [2.75, 3.05) is 0 Å². The van der Waals surface area contributed by atoms with Crippen molar-refractivity contribution in [1.82, 2.24) is 15.1 Å². The molecule has 0 aliphatic carbocycles. The van der Waals surface area contributed by atoms with Crippen LogP contribution in [0.4, 0.5) is 0 Å². The van der Waals surface area contributed by atoms with Crippen LogP contribution in [0.2, 0.25) is 0 Å². The second-order valence-electron chi connectivity index (χ2n) is 5.55. The predicted octanol–water partition coefficient (Wildman–Crippen LogP) is 3.33. The van der Waals surface area contributed by atoms with Gasteiger partial charge in [-0.05, 0) is 65.4 Å². The zero-order valence-corrected chi connectivity index (χ0v) is 15.7. The average molecular weight is 445 g/mol. The normalized spacial score (nSPS) is 11.8. The summed E-state index contributed by atoms with van der Waals surface area (Å²) in [6.07, 6.45) is 0. The Morgan fingerprint density at radius 1 is 1.08 bits per heavy atom. The van der Waals surface area contributed by atoms with E-state index in [4.69, 9.17) is 0 Å². The number of para-hydroxylation sites is 1. The Morgan fingerprint density at radius 3 is 2.56 bits per heavy atom. The lowest BCUT2D eigenvalue weighted by Crippen LogP contribution is -2.30. The van der Waals surface area contributed by atoms with Crippen molar-refractivity contribution < 1.29 is 4.79 Å². The van der Waals surface area contributed by atoms with Gasteiger partial charge in [-0.2, -0.15) is 9.78 Å². The molecule has 126 valence electrons. The lowest BCUT2D eigenvalue weighted by atomic mass is 10.1. The van der Waals surface area contributed by atoms with Gasteiger partial charge in [0.2, 0.25) is 0 Å². The standard InChI is InChI=1S/C19H16IN3O2/c1-13(14-6-5-7-15(20)12-14)21-19(25)17-10-11-18(24)23(22-17)16-8-3-2-4-9-16/h2-13H,1H3,(H,21,25)/t13-/m1/s1. The summed E-state index contributed by atoms with van der Waals surface area (Å²) >= 11 is 2.24. The van der Waals surface area contributed by atoms with Gasteiger partial charge in [-0.1, -0.05) is 30.3 Å². The maximum absolute atomic E-state index is 12.5. The maximum Gasteiger partial charge on any atom is 0.272 e. The number of nitrogens with one attached hydrogen (secondary N) is 1. The third-order valence-electron chi connectivity index (χ3n) is 3.73. The van der Waals surface area contributed by atoms with E-state index in [0.717, 1.165) is 9.13 Å². The average Bonchev–Trinajstić information content (AvgIpc) is 2.62. The van der Waals surface area contributed by atoms with Gasteiger partial charge < -0.3 is 5.32 Å². The number of aromatic nitrogens is 2. The van der Waals surface area contributed by atoms with Crippen LogP contribution in [0.3, 0.4) is 0 Å². The van der Waals surface area contributed by atoms with Crippen molar-refractivity contribution in [2.24, 2.45) is 0 Å². The van der Waals surface area contributed by atoms with Gasteiger partial charge in [-0.3, -0.25) is 9.59 Å². The maximum atomic E-state index is 12.5. The number of hydrogen-bond acceptors (Lipinski definition) is 3. The van der Waals surface area contributed by atoms with E-state index >= 15 is 0 Å². The Morgan fingerprint density at radius 2 is 1.84 bits per heavy atom. The lowest BCUT2D eigenvalue weighted by Gasteiger charge is -2.15. The molecule has 0 unspecified atom stereocenters. The zero-order chi connectivity index (χ0) is 17.8. The molecular weight excluding hydrogens is 429 g/mol. The number of nitrogens with zero attached hydrogens (tertiary/aromatic N) is 2. The molecular formula is C19H16IN3O2. The zero-order valence-electron chi connectivity index (χ0n) is 13.5. The molecule has 0 fully saturated rings. The van der Waals surface area contributed by atoms with Crippen molar-refractivity contribution in [2.45, 2.75) is 13.0 Å². The highest BCUT2D eigenvalue weighted by atomic mass is 127. The quantitative estimate of drug-likeness (QED) is 0.627. The Bertz CT molecular complexity index is 954. The summed E-state index contributed by atoms with van der Waals surface area (Å²) in [5, 5.41) is 7.12. The Kier molecular flexibility index (Phi) is 5.28. The van der Waals surface area contributed by atoms with Gasteiger partial charge in [-0.15, -0.1) is 0 Å². The van der Waals surface area contributed by atoms with E-state index in [1.807, 2.05) is 49.4 Å². The summed E-state index contributed by atoms with van der Waals surface area (Å²) in [5.74, 6) is -0.323. The smallest absolute Gasteiger partial charge is 0.272 e. The summed E-state index contributed by atoms with van der Waals surface area (Å²) in [4.78, 5) is 24.6. The third-order valence-corrected chi connectivity index (χ3v) is 4.40. The Balaban J connectivity index is 1.84. The summed E-state index contributed by atoms with van der Waals surface area (Å²) in [5.41, 5.74) is 1.54. The molecule has 0 saturated heterocycles. The number of carbonyl (C=O) groups excluding carboxylic acids is 1. The minimum Gasteiger partial charge on any atom is -0.344 e. The van der Waals surface area contributed by atoms with Crippen molar-refractivity contribution in [3.63, 3.8) is 0 Å². The number of amides is 1. The van der Waals surface area contributed by atoms with Crippen LogP contribution >= 0.6 is 22.6 Å². The molecule has 25 heavy (non-hydrogen) atoms. The highest BCUT2D eigenvalue weighted by Crippen LogP contribution is 2.16. The predicted molar refractivity (Wildman–Crippen MR) is 105 cm³/mol. The highest BCUT2D eigenvalue weighted by Gasteiger charge is 2.14. The van der Waals surface area contributed by atoms with Gasteiger partial charge in [0.05, 0.1) is 11.7 Å². The van der Waals surface area contributed by atoms with E-state index < -0.39 is 0 Å². The summed E-state index contributed by atoms with van der Waals surface area (Å²) in [6.45, 7) is 1.91. The van der Waals surface area contributed by atoms with E-state index in [9.17, 15) is 9.59 Å². The van der Waals surface area contributed by atoms with Crippen LogP contribution in [0.15, 0.2) is 71.5 Å².